The molecule has 112 valence electrons. The average Bonchev–Trinajstić information content (AvgIpc) is 2.50. The number of nitrogens with two attached hydrogens (primary N) is 1. The molecule has 3 nitrogen and oxygen atoms in total. The first-order valence-corrected chi connectivity index (χ1v) is 7.60. The molecular formula is C18H24N2O. The summed E-state index contributed by atoms with van der Waals surface area (Å²) in [5.74, 6) is 1.48. The zero-order valence-electron chi connectivity index (χ0n) is 13.1. The number of nitrogens with zero attached hydrogens (tertiary/aromatic N) is 1. The molecule has 0 aliphatic heterocycles. The van der Waals surface area contributed by atoms with Crippen LogP contribution in [-0.2, 0) is 12.8 Å². The van der Waals surface area contributed by atoms with E-state index in [4.69, 9.17) is 10.5 Å². The predicted molar refractivity (Wildman–Crippen MR) is 86.8 cm³/mol. The maximum atomic E-state index is 5.98. The van der Waals surface area contributed by atoms with E-state index in [2.05, 4.69) is 37.0 Å². The van der Waals surface area contributed by atoms with E-state index in [1.54, 1.807) is 0 Å². The van der Waals surface area contributed by atoms with Crippen molar-refractivity contribution in [3.05, 3.63) is 53.2 Å². The molecule has 0 saturated heterocycles. The summed E-state index contributed by atoms with van der Waals surface area (Å²) in [5, 5.41) is 0. The minimum atomic E-state index is 0.194. The first-order chi connectivity index (χ1) is 10.1. The van der Waals surface area contributed by atoms with Gasteiger partial charge in [0.25, 0.3) is 0 Å². The Morgan fingerprint density at radius 3 is 2.43 bits per heavy atom. The molecule has 1 heterocycles. The van der Waals surface area contributed by atoms with Gasteiger partial charge in [-0.15, -0.1) is 0 Å². The summed E-state index contributed by atoms with van der Waals surface area (Å²) < 4.78 is 5.85. The molecule has 21 heavy (non-hydrogen) atoms. The van der Waals surface area contributed by atoms with E-state index in [9.17, 15) is 0 Å². The van der Waals surface area contributed by atoms with E-state index in [0.29, 0.717) is 5.88 Å². The molecular weight excluding hydrogens is 260 g/mol. The van der Waals surface area contributed by atoms with Crippen molar-refractivity contribution in [2.24, 2.45) is 5.73 Å². The van der Waals surface area contributed by atoms with E-state index >= 15 is 0 Å². The predicted octanol–water partition coefficient (Wildman–Crippen LogP) is 4.02. The number of pyridine rings is 1. The van der Waals surface area contributed by atoms with Gasteiger partial charge in [-0.25, -0.2) is 4.98 Å². The van der Waals surface area contributed by atoms with Gasteiger partial charge >= 0.3 is 0 Å². The molecule has 3 heteroatoms. The van der Waals surface area contributed by atoms with E-state index < -0.39 is 0 Å². The minimum absolute atomic E-state index is 0.194. The van der Waals surface area contributed by atoms with Crippen LogP contribution in [0.2, 0.25) is 0 Å². The number of aryl methyl sites for hydroxylation is 2. The summed E-state index contributed by atoms with van der Waals surface area (Å²) in [4.78, 5) is 4.43. The molecule has 0 aliphatic carbocycles. The van der Waals surface area contributed by atoms with Gasteiger partial charge in [-0.1, -0.05) is 26.0 Å². The molecule has 0 aliphatic rings. The molecule has 1 aromatic heterocycles. The Hall–Kier alpha value is -1.87. The standard InChI is InChI=1S/C18H24N2O/c1-4-14-6-8-17(9-7-14)21-18-13(3)10-15(12-20-18)11-16(19)5-2/h6-10,12,16H,4-5,11,19H2,1-3H3. The highest BCUT2D eigenvalue weighted by molar-refractivity contribution is 5.35. The van der Waals surface area contributed by atoms with Gasteiger partial charge in [-0.2, -0.15) is 0 Å². The van der Waals surface area contributed by atoms with Crippen molar-refractivity contribution >= 4 is 0 Å². The molecule has 0 amide bonds. The highest BCUT2D eigenvalue weighted by Gasteiger charge is 2.07. The van der Waals surface area contributed by atoms with Crippen LogP contribution < -0.4 is 10.5 Å². The summed E-state index contributed by atoms with van der Waals surface area (Å²) in [5.41, 5.74) is 9.49. The molecule has 2 N–H and O–H groups in total. The zero-order valence-corrected chi connectivity index (χ0v) is 13.1. The van der Waals surface area contributed by atoms with Crippen molar-refractivity contribution in [1.29, 1.82) is 0 Å². The van der Waals surface area contributed by atoms with Crippen LogP contribution in [0.25, 0.3) is 0 Å². The summed E-state index contributed by atoms with van der Waals surface area (Å²) in [6, 6.07) is 10.4. The Bertz CT molecular complexity index is 578. The summed E-state index contributed by atoms with van der Waals surface area (Å²) in [7, 11) is 0. The van der Waals surface area contributed by atoms with Crippen LogP contribution in [0.4, 0.5) is 0 Å². The van der Waals surface area contributed by atoms with Gasteiger partial charge in [0.05, 0.1) is 0 Å². The molecule has 1 atom stereocenters. The second kappa shape index (κ2) is 7.23. The van der Waals surface area contributed by atoms with Gasteiger partial charge in [0.15, 0.2) is 0 Å². The number of rotatable bonds is 6. The molecule has 0 saturated carbocycles. The van der Waals surface area contributed by atoms with Crippen molar-refractivity contribution in [2.45, 2.75) is 46.1 Å². The van der Waals surface area contributed by atoms with Gasteiger partial charge in [0.2, 0.25) is 5.88 Å². The van der Waals surface area contributed by atoms with Crippen LogP contribution in [0.1, 0.15) is 37.0 Å². The molecule has 1 unspecified atom stereocenters. The minimum Gasteiger partial charge on any atom is -0.439 e. The number of aromatic nitrogens is 1. The Balaban J connectivity index is 2.09. The summed E-state index contributed by atoms with van der Waals surface area (Å²) in [6.07, 6.45) is 4.72. The van der Waals surface area contributed by atoms with Crippen molar-refractivity contribution in [1.82, 2.24) is 4.98 Å². The van der Waals surface area contributed by atoms with E-state index in [-0.39, 0.29) is 6.04 Å². The van der Waals surface area contributed by atoms with Gasteiger partial charge in [-0.3, -0.25) is 0 Å². The fourth-order valence-corrected chi connectivity index (χ4v) is 2.19. The third kappa shape index (κ3) is 4.30. The molecule has 2 aromatic rings. The third-order valence-electron chi connectivity index (χ3n) is 3.66. The lowest BCUT2D eigenvalue weighted by Crippen LogP contribution is -2.21. The van der Waals surface area contributed by atoms with Crippen molar-refractivity contribution in [3.63, 3.8) is 0 Å². The number of ether oxygens (including phenoxy) is 1. The molecule has 2 rings (SSSR count). The molecule has 0 bridgehead atoms. The first-order valence-electron chi connectivity index (χ1n) is 7.60. The maximum absolute atomic E-state index is 5.98. The van der Waals surface area contributed by atoms with Crippen molar-refractivity contribution in [3.8, 4) is 11.6 Å². The molecule has 1 aromatic carbocycles. The van der Waals surface area contributed by atoms with Crippen molar-refractivity contribution in [2.75, 3.05) is 0 Å². The monoisotopic (exact) mass is 284 g/mol. The molecule has 0 spiro atoms. The van der Waals surface area contributed by atoms with Crippen LogP contribution in [0.15, 0.2) is 36.5 Å². The van der Waals surface area contributed by atoms with Crippen molar-refractivity contribution < 1.29 is 4.74 Å². The normalized spacial score (nSPS) is 12.2. The van der Waals surface area contributed by atoms with E-state index in [1.165, 1.54) is 5.56 Å². The van der Waals surface area contributed by atoms with Crippen LogP contribution in [-0.4, -0.2) is 11.0 Å². The largest absolute Gasteiger partial charge is 0.439 e. The lowest BCUT2D eigenvalue weighted by Gasteiger charge is -2.12. The Morgan fingerprint density at radius 1 is 1.14 bits per heavy atom. The van der Waals surface area contributed by atoms with Gasteiger partial charge in [-0.05, 0) is 55.5 Å². The van der Waals surface area contributed by atoms with Crippen LogP contribution in [0.5, 0.6) is 11.6 Å². The second-order valence-electron chi connectivity index (χ2n) is 5.44. The maximum Gasteiger partial charge on any atom is 0.222 e. The van der Waals surface area contributed by atoms with Gasteiger partial charge in [0, 0.05) is 17.8 Å². The third-order valence-corrected chi connectivity index (χ3v) is 3.66. The van der Waals surface area contributed by atoms with Crippen LogP contribution in [0.3, 0.4) is 0 Å². The lowest BCUT2D eigenvalue weighted by atomic mass is 10.1. The van der Waals surface area contributed by atoms with Crippen LogP contribution >= 0.6 is 0 Å². The van der Waals surface area contributed by atoms with Gasteiger partial charge < -0.3 is 10.5 Å². The van der Waals surface area contributed by atoms with Gasteiger partial charge in [0.1, 0.15) is 5.75 Å². The van der Waals surface area contributed by atoms with Crippen LogP contribution in [0, 0.1) is 6.92 Å². The SMILES string of the molecule is CCc1ccc(Oc2ncc(CC(N)CC)cc2C)cc1. The molecule has 0 radical (unpaired) electrons. The quantitative estimate of drug-likeness (QED) is 0.871. The first kappa shape index (κ1) is 15.5. The summed E-state index contributed by atoms with van der Waals surface area (Å²) in [6.45, 7) is 6.26. The average molecular weight is 284 g/mol. The second-order valence-corrected chi connectivity index (χ2v) is 5.44. The number of hydrogen-bond donors (Lipinski definition) is 1. The number of benzene rings is 1. The fraction of sp³-hybridized carbons (Fsp3) is 0.389. The Morgan fingerprint density at radius 2 is 1.86 bits per heavy atom. The Kier molecular flexibility index (Phi) is 5.34. The number of hydrogen-bond acceptors (Lipinski definition) is 3. The smallest absolute Gasteiger partial charge is 0.222 e. The molecule has 0 fully saturated rings. The lowest BCUT2D eigenvalue weighted by molar-refractivity contribution is 0.458. The Labute approximate surface area is 127 Å². The zero-order chi connectivity index (χ0) is 15.2. The highest BCUT2D eigenvalue weighted by Crippen LogP contribution is 2.24. The fourth-order valence-electron chi connectivity index (χ4n) is 2.19. The highest BCUT2D eigenvalue weighted by atomic mass is 16.5. The van der Waals surface area contributed by atoms with E-state index in [0.717, 1.165) is 36.1 Å². The summed E-state index contributed by atoms with van der Waals surface area (Å²) >= 11 is 0. The van der Waals surface area contributed by atoms with E-state index in [1.807, 2.05) is 25.3 Å². The topological polar surface area (TPSA) is 48.1 Å².